The first-order valence-corrected chi connectivity index (χ1v) is 5.43. The standard InChI is InChI=1S/C12H12N4O2/c1-9-2-7-12(15-14-9)13-8-10-3-5-11(6-4-10)16(17)18/h2-7H,8H2,1H3,(H,13,15). The predicted octanol–water partition coefficient (Wildman–Crippen LogP) is 2.31. The first-order chi connectivity index (χ1) is 8.65. The first-order valence-electron chi connectivity index (χ1n) is 5.43. The topological polar surface area (TPSA) is 81.0 Å². The molecule has 1 N–H and O–H groups in total. The highest BCUT2D eigenvalue weighted by Gasteiger charge is 2.03. The molecular formula is C12H12N4O2. The minimum atomic E-state index is -0.414. The molecule has 0 fully saturated rings. The smallest absolute Gasteiger partial charge is 0.269 e. The van der Waals surface area contributed by atoms with Gasteiger partial charge in [0.2, 0.25) is 0 Å². The normalized spacial score (nSPS) is 10.1. The van der Waals surface area contributed by atoms with Gasteiger partial charge in [-0.05, 0) is 24.6 Å². The van der Waals surface area contributed by atoms with Crippen molar-refractivity contribution in [1.82, 2.24) is 10.2 Å². The van der Waals surface area contributed by atoms with Crippen molar-refractivity contribution in [3.05, 3.63) is 57.8 Å². The second kappa shape index (κ2) is 5.22. The molecule has 0 amide bonds. The monoisotopic (exact) mass is 244 g/mol. The van der Waals surface area contributed by atoms with Crippen LogP contribution in [0.2, 0.25) is 0 Å². The number of hydrogen-bond acceptors (Lipinski definition) is 5. The van der Waals surface area contributed by atoms with Crippen LogP contribution in [0.5, 0.6) is 0 Å². The maximum absolute atomic E-state index is 10.5. The van der Waals surface area contributed by atoms with Crippen LogP contribution in [0, 0.1) is 17.0 Å². The highest BCUT2D eigenvalue weighted by Crippen LogP contribution is 2.12. The maximum Gasteiger partial charge on any atom is 0.269 e. The third kappa shape index (κ3) is 3.00. The molecule has 0 saturated carbocycles. The van der Waals surface area contributed by atoms with Crippen LogP contribution >= 0.6 is 0 Å². The molecule has 92 valence electrons. The number of hydrogen-bond donors (Lipinski definition) is 1. The molecule has 0 saturated heterocycles. The number of nitro groups is 1. The summed E-state index contributed by atoms with van der Waals surface area (Å²) in [5.74, 6) is 0.680. The summed E-state index contributed by atoms with van der Waals surface area (Å²) >= 11 is 0. The summed E-state index contributed by atoms with van der Waals surface area (Å²) in [6.45, 7) is 2.42. The number of benzene rings is 1. The Kier molecular flexibility index (Phi) is 3.47. The van der Waals surface area contributed by atoms with Gasteiger partial charge in [-0.2, -0.15) is 5.10 Å². The van der Waals surface area contributed by atoms with E-state index in [1.165, 1.54) is 12.1 Å². The highest BCUT2D eigenvalue weighted by molar-refractivity contribution is 5.37. The molecule has 0 atom stereocenters. The van der Waals surface area contributed by atoms with Gasteiger partial charge in [0, 0.05) is 18.7 Å². The van der Waals surface area contributed by atoms with Gasteiger partial charge in [0.05, 0.1) is 10.6 Å². The molecule has 1 heterocycles. The van der Waals surface area contributed by atoms with E-state index in [0.29, 0.717) is 12.4 Å². The molecule has 0 aliphatic carbocycles. The summed E-state index contributed by atoms with van der Waals surface area (Å²) < 4.78 is 0. The van der Waals surface area contributed by atoms with Crippen LogP contribution in [0.1, 0.15) is 11.3 Å². The van der Waals surface area contributed by atoms with Crippen LogP contribution in [0.15, 0.2) is 36.4 Å². The lowest BCUT2D eigenvalue weighted by atomic mass is 10.2. The Morgan fingerprint density at radius 2 is 1.89 bits per heavy atom. The van der Waals surface area contributed by atoms with Crippen LogP contribution in [0.25, 0.3) is 0 Å². The minimum Gasteiger partial charge on any atom is -0.365 e. The average molecular weight is 244 g/mol. The summed E-state index contributed by atoms with van der Waals surface area (Å²) in [6.07, 6.45) is 0. The van der Waals surface area contributed by atoms with Gasteiger partial charge in [-0.25, -0.2) is 0 Å². The highest BCUT2D eigenvalue weighted by atomic mass is 16.6. The molecule has 2 rings (SSSR count). The Morgan fingerprint density at radius 1 is 1.17 bits per heavy atom. The Hall–Kier alpha value is -2.50. The zero-order valence-corrected chi connectivity index (χ0v) is 9.83. The van der Waals surface area contributed by atoms with E-state index >= 15 is 0 Å². The third-order valence-corrected chi connectivity index (χ3v) is 2.42. The van der Waals surface area contributed by atoms with E-state index in [9.17, 15) is 10.1 Å². The predicted molar refractivity (Wildman–Crippen MR) is 67.2 cm³/mol. The van der Waals surface area contributed by atoms with Crippen molar-refractivity contribution < 1.29 is 4.92 Å². The van der Waals surface area contributed by atoms with Crippen LogP contribution in [0.4, 0.5) is 11.5 Å². The number of rotatable bonds is 4. The van der Waals surface area contributed by atoms with E-state index in [4.69, 9.17) is 0 Å². The quantitative estimate of drug-likeness (QED) is 0.659. The molecule has 0 aliphatic rings. The number of anilines is 1. The molecule has 18 heavy (non-hydrogen) atoms. The molecule has 0 radical (unpaired) electrons. The second-order valence-electron chi connectivity index (χ2n) is 3.84. The number of aryl methyl sites for hydroxylation is 1. The van der Waals surface area contributed by atoms with Gasteiger partial charge in [0.15, 0.2) is 0 Å². The molecule has 1 aromatic heterocycles. The average Bonchev–Trinajstić information content (AvgIpc) is 2.38. The van der Waals surface area contributed by atoms with E-state index in [1.807, 2.05) is 19.1 Å². The lowest BCUT2D eigenvalue weighted by Gasteiger charge is -2.04. The Morgan fingerprint density at radius 3 is 2.44 bits per heavy atom. The number of nitro benzene ring substituents is 1. The van der Waals surface area contributed by atoms with Crippen molar-refractivity contribution in [2.75, 3.05) is 5.32 Å². The van der Waals surface area contributed by atoms with Gasteiger partial charge in [-0.1, -0.05) is 12.1 Å². The molecule has 0 bridgehead atoms. The van der Waals surface area contributed by atoms with Crippen molar-refractivity contribution in [2.45, 2.75) is 13.5 Å². The van der Waals surface area contributed by atoms with E-state index in [2.05, 4.69) is 15.5 Å². The number of non-ortho nitro benzene ring substituents is 1. The number of nitrogens with one attached hydrogen (secondary N) is 1. The lowest BCUT2D eigenvalue weighted by molar-refractivity contribution is -0.384. The summed E-state index contributed by atoms with van der Waals surface area (Å²) in [4.78, 5) is 10.1. The van der Waals surface area contributed by atoms with Gasteiger partial charge in [0.1, 0.15) is 5.82 Å². The summed E-state index contributed by atoms with van der Waals surface area (Å²) in [5.41, 5.74) is 1.90. The van der Waals surface area contributed by atoms with E-state index < -0.39 is 4.92 Å². The fourth-order valence-electron chi connectivity index (χ4n) is 1.42. The van der Waals surface area contributed by atoms with Gasteiger partial charge in [-0.3, -0.25) is 10.1 Å². The Balaban J connectivity index is 1.97. The molecule has 0 unspecified atom stereocenters. The van der Waals surface area contributed by atoms with Crippen molar-refractivity contribution in [1.29, 1.82) is 0 Å². The van der Waals surface area contributed by atoms with Crippen LogP contribution in [-0.4, -0.2) is 15.1 Å². The SMILES string of the molecule is Cc1ccc(NCc2ccc([N+](=O)[O-])cc2)nn1. The molecule has 1 aromatic carbocycles. The zero-order chi connectivity index (χ0) is 13.0. The fourth-order valence-corrected chi connectivity index (χ4v) is 1.42. The van der Waals surface area contributed by atoms with E-state index in [-0.39, 0.29) is 5.69 Å². The van der Waals surface area contributed by atoms with Crippen molar-refractivity contribution in [3.8, 4) is 0 Å². The molecular weight excluding hydrogens is 232 g/mol. The molecule has 0 aliphatic heterocycles. The van der Waals surface area contributed by atoms with Crippen molar-refractivity contribution in [2.24, 2.45) is 0 Å². The minimum absolute atomic E-state index is 0.0916. The van der Waals surface area contributed by atoms with Crippen LogP contribution < -0.4 is 5.32 Å². The lowest BCUT2D eigenvalue weighted by Crippen LogP contribution is -2.02. The van der Waals surface area contributed by atoms with E-state index in [1.54, 1.807) is 12.1 Å². The molecule has 2 aromatic rings. The summed E-state index contributed by atoms with van der Waals surface area (Å²) in [6, 6.07) is 10.1. The first kappa shape index (κ1) is 12.0. The molecule has 6 heteroatoms. The number of nitrogens with zero attached hydrogens (tertiary/aromatic N) is 3. The molecule has 0 spiro atoms. The second-order valence-corrected chi connectivity index (χ2v) is 3.84. The third-order valence-electron chi connectivity index (χ3n) is 2.42. The van der Waals surface area contributed by atoms with Crippen molar-refractivity contribution >= 4 is 11.5 Å². The van der Waals surface area contributed by atoms with Gasteiger partial charge < -0.3 is 5.32 Å². The Labute approximate surface area is 104 Å². The largest absolute Gasteiger partial charge is 0.365 e. The summed E-state index contributed by atoms with van der Waals surface area (Å²) in [7, 11) is 0. The van der Waals surface area contributed by atoms with Crippen molar-refractivity contribution in [3.63, 3.8) is 0 Å². The number of aromatic nitrogens is 2. The van der Waals surface area contributed by atoms with E-state index in [0.717, 1.165) is 11.3 Å². The van der Waals surface area contributed by atoms with Gasteiger partial charge in [0.25, 0.3) is 5.69 Å². The maximum atomic E-state index is 10.5. The van der Waals surface area contributed by atoms with Gasteiger partial charge in [-0.15, -0.1) is 5.10 Å². The van der Waals surface area contributed by atoms with Gasteiger partial charge >= 0.3 is 0 Å². The summed E-state index contributed by atoms with van der Waals surface area (Å²) in [5, 5.41) is 21.5. The fraction of sp³-hybridized carbons (Fsp3) is 0.167. The Bertz CT molecular complexity index is 537. The van der Waals surface area contributed by atoms with Crippen LogP contribution in [-0.2, 0) is 6.54 Å². The molecule has 6 nitrogen and oxygen atoms in total. The zero-order valence-electron chi connectivity index (χ0n) is 9.83. The van der Waals surface area contributed by atoms with Crippen LogP contribution in [0.3, 0.4) is 0 Å².